The van der Waals surface area contributed by atoms with Gasteiger partial charge in [-0.2, -0.15) is 0 Å². The zero-order valence-electron chi connectivity index (χ0n) is 42.0. The molecule has 5 aromatic carbocycles. The molecule has 0 saturated heterocycles. The fourth-order valence-electron chi connectivity index (χ4n) is 9.53. The van der Waals surface area contributed by atoms with Crippen LogP contribution in [0.25, 0.3) is 0 Å². The number of fused-ring (bicyclic) bond motifs is 8. The average Bonchev–Trinajstić information content (AvgIpc) is 3.89. The van der Waals surface area contributed by atoms with E-state index >= 15 is 0 Å². The van der Waals surface area contributed by atoms with Crippen LogP contribution in [0.3, 0.4) is 0 Å². The fraction of sp³-hybridized carbons (Fsp3) is 0.333. The molecule has 382 valence electrons. The van der Waals surface area contributed by atoms with E-state index in [9.17, 15) is 28.8 Å². The predicted molar refractivity (Wildman–Crippen MR) is 291 cm³/mol. The number of benzene rings is 5. The Balaban J connectivity index is 0.882. The minimum absolute atomic E-state index is 0.0109. The molecule has 5 aromatic rings. The number of amides is 4. The second-order valence-electron chi connectivity index (χ2n) is 19.6. The summed E-state index contributed by atoms with van der Waals surface area (Å²) in [5.74, 6) is -0.311. The van der Waals surface area contributed by atoms with Gasteiger partial charge in [0.2, 0.25) is 11.8 Å². The number of aliphatic imine (C=N–C) groups is 2. The number of carbonyl (C=O) groups excluding carboxylic acids is 6. The molecule has 0 spiro atoms. The van der Waals surface area contributed by atoms with E-state index in [1.54, 1.807) is 52.4 Å². The van der Waals surface area contributed by atoms with Crippen LogP contribution in [0.4, 0.5) is 28.4 Å². The Morgan fingerprint density at radius 1 is 0.689 bits per heavy atom. The van der Waals surface area contributed by atoms with Gasteiger partial charge in [0.1, 0.15) is 24.7 Å². The van der Waals surface area contributed by atoms with Crippen molar-refractivity contribution in [1.29, 1.82) is 0 Å². The lowest BCUT2D eigenvalue weighted by Crippen LogP contribution is -2.37. The van der Waals surface area contributed by atoms with E-state index in [2.05, 4.69) is 10.6 Å². The first-order valence-corrected chi connectivity index (χ1v) is 27.2. The van der Waals surface area contributed by atoms with Crippen LogP contribution in [0.2, 0.25) is 0 Å². The Kier molecular flexibility index (Phi) is 15.3. The van der Waals surface area contributed by atoms with Crippen molar-refractivity contribution in [3.05, 3.63) is 130 Å². The monoisotopic (exact) mass is 1030 g/mol. The molecule has 3 atom stereocenters. The van der Waals surface area contributed by atoms with Crippen molar-refractivity contribution in [2.45, 2.75) is 102 Å². The van der Waals surface area contributed by atoms with Gasteiger partial charge in [0, 0.05) is 91.3 Å². The number of rotatable bonds is 20. The summed E-state index contributed by atoms with van der Waals surface area (Å²) in [6.45, 7) is 5.76. The molecule has 0 radical (unpaired) electrons. The zero-order valence-corrected chi connectivity index (χ0v) is 43.7. The van der Waals surface area contributed by atoms with Crippen molar-refractivity contribution in [2.75, 3.05) is 35.0 Å². The molecule has 15 nitrogen and oxygen atoms in total. The lowest BCUT2D eigenvalue weighted by Gasteiger charge is -2.23. The van der Waals surface area contributed by atoms with E-state index in [1.165, 1.54) is 7.11 Å². The van der Waals surface area contributed by atoms with Gasteiger partial charge in [0.05, 0.1) is 48.2 Å². The first kappa shape index (κ1) is 51.5. The van der Waals surface area contributed by atoms with Crippen LogP contribution in [0.1, 0.15) is 101 Å². The number of hydrogen-bond donors (Lipinski definition) is 2. The average molecular weight is 1040 g/mol. The summed E-state index contributed by atoms with van der Waals surface area (Å²) in [7, 11) is 1.24. The van der Waals surface area contributed by atoms with E-state index in [1.807, 2.05) is 87.8 Å². The number of carbonyl (C=O) groups is 6. The maximum Gasteiger partial charge on any atom is 0.261 e. The molecular formula is C57H58N6O9S2. The molecule has 4 heterocycles. The molecule has 4 aliphatic rings. The Morgan fingerprint density at radius 3 is 1.82 bits per heavy atom. The van der Waals surface area contributed by atoms with Crippen molar-refractivity contribution in [3.63, 3.8) is 0 Å². The van der Waals surface area contributed by atoms with Crippen LogP contribution < -0.4 is 34.6 Å². The van der Waals surface area contributed by atoms with E-state index < -0.39 is 11.8 Å². The summed E-state index contributed by atoms with van der Waals surface area (Å²) in [5.41, 5.74) is 8.20. The molecule has 4 aliphatic heterocycles. The van der Waals surface area contributed by atoms with Crippen LogP contribution in [0.5, 0.6) is 17.2 Å². The molecule has 74 heavy (non-hydrogen) atoms. The lowest BCUT2D eigenvalue weighted by atomic mass is 10.0. The maximum atomic E-state index is 14.0. The number of hydrogen-bond acceptors (Lipinski definition) is 12. The number of para-hydroxylation sites is 2. The highest BCUT2D eigenvalue weighted by Crippen LogP contribution is 2.42. The molecule has 0 fully saturated rings. The number of ketones is 2. The van der Waals surface area contributed by atoms with Gasteiger partial charge in [-0.25, -0.2) is 0 Å². The third-order valence-corrected chi connectivity index (χ3v) is 17.0. The fourth-order valence-corrected chi connectivity index (χ4v) is 10.2. The van der Waals surface area contributed by atoms with Crippen LogP contribution >= 0.6 is 0 Å². The maximum absolute atomic E-state index is 14.0. The molecular weight excluding hydrogens is 977 g/mol. The first-order chi connectivity index (χ1) is 35.5. The van der Waals surface area contributed by atoms with Crippen molar-refractivity contribution in [2.24, 2.45) is 9.98 Å². The highest BCUT2D eigenvalue weighted by molar-refractivity contribution is 8.29. The Bertz CT molecular complexity index is 3190. The van der Waals surface area contributed by atoms with Crippen LogP contribution in [-0.4, -0.2) is 84.4 Å². The standard InChI is InChI=1S/C57H58N6O9S2/c1-34-20-44-46(58-29-40-24-37-10-6-8-12-48(37)62(40)55(44)68)27-50(34)71-32-35-21-36(23-39(22-35)61-54(67)17-15-43(65)31-60-53(66)16-14-42(64)18-19-57(2,3)74(5)73)33-72-52-28-47-45(26-51(52)70-4)56(69)63-41(30-59-47)25-38-11-7-9-13-49(38)63/h6-13,20-23,26-30,40-41H,14-19,24-25,31-33H2,1-5H3,(H,60,66)(H,61,67)/t40-,41-,74?/m0/s1. The van der Waals surface area contributed by atoms with Crippen LogP contribution in [-0.2, 0) is 65.9 Å². The van der Waals surface area contributed by atoms with Gasteiger partial charge in [-0.05, 0) is 89.9 Å². The number of anilines is 3. The van der Waals surface area contributed by atoms with Crippen molar-refractivity contribution >= 4 is 96.7 Å². The van der Waals surface area contributed by atoms with Gasteiger partial charge in [-0.3, -0.25) is 48.6 Å². The molecule has 1 unspecified atom stereocenters. The van der Waals surface area contributed by atoms with Gasteiger partial charge < -0.3 is 24.8 Å². The molecule has 9 rings (SSSR count). The Morgan fingerprint density at radius 2 is 1.23 bits per heavy atom. The van der Waals surface area contributed by atoms with Gasteiger partial charge in [-0.15, -0.1) is 9.45 Å². The summed E-state index contributed by atoms with van der Waals surface area (Å²) < 4.78 is 18.4. The highest BCUT2D eigenvalue weighted by Gasteiger charge is 2.38. The smallest absolute Gasteiger partial charge is 0.261 e. The molecule has 17 heteroatoms. The second-order valence-corrected chi connectivity index (χ2v) is 23.1. The number of aryl methyl sites for hydroxylation is 1. The minimum atomic E-state index is -0.428. The molecule has 0 bridgehead atoms. The summed E-state index contributed by atoms with van der Waals surface area (Å²) in [4.78, 5) is 92.3. The lowest BCUT2D eigenvalue weighted by molar-refractivity contribution is -0.127. The first-order valence-electron chi connectivity index (χ1n) is 24.6. The molecule has 0 saturated carbocycles. The van der Waals surface area contributed by atoms with Crippen molar-refractivity contribution in [3.8, 4) is 17.2 Å². The number of methoxy groups -OCH3 is 1. The molecule has 4 amide bonds. The molecule has 0 aromatic heterocycles. The van der Waals surface area contributed by atoms with Gasteiger partial charge in [-0.1, -0.05) is 61.4 Å². The summed E-state index contributed by atoms with van der Waals surface area (Å²) in [5, 5.41) is 5.49. The van der Waals surface area contributed by atoms with Crippen LogP contribution in [0, 0.1) is 6.92 Å². The third-order valence-electron chi connectivity index (χ3n) is 13.9. The quantitative estimate of drug-likeness (QED) is 0.0764. The normalized spacial score (nSPS) is 16.4. The van der Waals surface area contributed by atoms with E-state index in [-0.39, 0.29) is 95.1 Å². The largest absolute Gasteiger partial charge is 0.493 e. The number of ether oxygens (including phenoxy) is 3. The van der Waals surface area contributed by atoms with Gasteiger partial charge in [0.25, 0.3) is 11.8 Å². The predicted octanol–water partition coefficient (Wildman–Crippen LogP) is 8.76. The number of Topliss-reactive ketones (excluding diaryl/α,β-unsaturated/α-hetero) is 2. The number of nitrogens with one attached hydrogen (secondary N) is 2. The Labute approximate surface area is 437 Å². The zero-order chi connectivity index (χ0) is 52.3. The minimum Gasteiger partial charge on any atom is -0.493 e. The van der Waals surface area contributed by atoms with Crippen LogP contribution in [0.15, 0.2) is 101 Å². The highest BCUT2D eigenvalue weighted by atomic mass is 32.8. The SMILES string of the molecule is COc1cc2c(cc1OCc1cc(COc3cc4c(cc3C)C(=O)N3c5ccccc5C[C@H]3C=N4)cc(NC(=O)CCC(=O)CNC(=O)CCC(=O)CCC(C)(C)S(C)=S)c1)N=C[C@@H]1Cc3ccccc3N1C2=O. The van der Waals surface area contributed by atoms with E-state index in [0.29, 0.717) is 82.2 Å². The summed E-state index contributed by atoms with van der Waals surface area (Å²) >= 11 is 5.40. The Hall–Kier alpha value is -7.37. The molecule has 2 N–H and O–H groups in total. The van der Waals surface area contributed by atoms with E-state index in [0.717, 1.165) is 28.1 Å². The van der Waals surface area contributed by atoms with Gasteiger partial charge in [0.15, 0.2) is 17.3 Å². The van der Waals surface area contributed by atoms with Gasteiger partial charge >= 0.3 is 0 Å². The third kappa shape index (κ3) is 11.4. The number of nitrogens with zero attached hydrogens (tertiary/aromatic N) is 4. The van der Waals surface area contributed by atoms with Crippen molar-refractivity contribution in [1.82, 2.24) is 5.32 Å². The molecule has 0 aliphatic carbocycles. The topological polar surface area (TPSA) is 185 Å². The summed E-state index contributed by atoms with van der Waals surface area (Å²) in [6, 6.07) is 27.6. The van der Waals surface area contributed by atoms with E-state index in [4.69, 9.17) is 35.4 Å². The summed E-state index contributed by atoms with van der Waals surface area (Å²) in [6.07, 6.45) is 7.67. The van der Waals surface area contributed by atoms with Crippen molar-refractivity contribution < 1.29 is 43.0 Å². The second kappa shape index (κ2) is 22.0.